The van der Waals surface area contributed by atoms with Gasteiger partial charge in [-0.1, -0.05) is 26.0 Å². The van der Waals surface area contributed by atoms with Crippen molar-refractivity contribution >= 4 is 15.7 Å². The zero-order valence-electron chi connectivity index (χ0n) is 19.8. The van der Waals surface area contributed by atoms with E-state index in [0.29, 0.717) is 42.6 Å². The lowest BCUT2D eigenvalue weighted by molar-refractivity contribution is 0.0494. The van der Waals surface area contributed by atoms with Crippen LogP contribution in [-0.4, -0.2) is 39.9 Å². The molecule has 33 heavy (non-hydrogen) atoms. The summed E-state index contributed by atoms with van der Waals surface area (Å²) in [6, 6.07) is 10.3. The first-order chi connectivity index (χ1) is 15.8. The van der Waals surface area contributed by atoms with Crippen LogP contribution >= 0.6 is 0 Å². The second-order valence-corrected chi connectivity index (χ2v) is 10.9. The maximum atomic E-state index is 13.7. The zero-order chi connectivity index (χ0) is 24.0. The fourth-order valence-corrected chi connectivity index (χ4v) is 5.75. The van der Waals surface area contributed by atoms with Crippen LogP contribution < -0.4 is 14.8 Å². The Hall–Kier alpha value is -2.13. The zero-order valence-corrected chi connectivity index (χ0v) is 20.6. The molecule has 2 aromatic rings. The van der Waals surface area contributed by atoms with Crippen LogP contribution in [0.3, 0.4) is 0 Å². The lowest BCUT2D eigenvalue weighted by atomic mass is 10.0. The SMILES string of the molecule is Cc1cc(CN)ccc1N(CC(C)C)S(=O)(=O)c1ccc(OCC2CCOCC2)c(CO)c1. The number of aliphatic hydroxyl groups excluding tert-OH is 1. The van der Waals surface area contributed by atoms with Gasteiger partial charge < -0.3 is 20.3 Å². The molecule has 1 aliphatic heterocycles. The van der Waals surface area contributed by atoms with Crippen molar-refractivity contribution in [3.63, 3.8) is 0 Å². The van der Waals surface area contributed by atoms with Crippen molar-refractivity contribution in [2.75, 3.05) is 30.7 Å². The maximum Gasteiger partial charge on any atom is 0.264 e. The molecule has 8 heteroatoms. The van der Waals surface area contributed by atoms with Gasteiger partial charge in [0, 0.05) is 31.9 Å². The number of ether oxygens (including phenoxy) is 2. The fourth-order valence-electron chi connectivity index (χ4n) is 4.01. The highest BCUT2D eigenvalue weighted by Gasteiger charge is 2.28. The fraction of sp³-hybridized carbons (Fsp3) is 0.520. The van der Waals surface area contributed by atoms with E-state index in [1.54, 1.807) is 12.1 Å². The molecule has 0 saturated carbocycles. The summed E-state index contributed by atoms with van der Waals surface area (Å²) >= 11 is 0. The molecule has 3 rings (SSSR count). The molecule has 0 radical (unpaired) electrons. The number of anilines is 1. The van der Waals surface area contributed by atoms with E-state index in [2.05, 4.69) is 0 Å². The Labute approximate surface area is 197 Å². The number of rotatable bonds is 10. The number of aryl methyl sites for hydroxylation is 1. The van der Waals surface area contributed by atoms with Crippen molar-refractivity contribution < 1.29 is 23.0 Å². The standard InChI is InChI=1S/C25H36N2O5S/c1-18(2)15-27(24-6-4-21(14-26)12-19(24)3)33(29,30)23-5-7-25(22(13-23)16-28)32-17-20-8-10-31-11-9-20/h4-7,12-13,18,20,28H,8-11,14-17,26H2,1-3H3. The molecule has 1 saturated heterocycles. The summed E-state index contributed by atoms with van der Waals surface area (Å²) in [7, 11) is -3.86. The average molecular weight is 477 g/mol. The highest BCUT2D eigenvalue weighted by molar-refractivity contribution is 7.92. The van der Waals surface area contributed by atoms with Gasteiger partial charge >= 0.3 is 0 Å². The van der Waals surface area contributed by atoms with Crippen molar-refractivity contribution in [1.82, 2.24) is 0 Å². The first-order valence-electron chi connectivity index (χ1n) is 11.5. The third-order valence-electron chi connectivity index (χ3n) is 5.90. The maximum absolute atomic E-state index is 13.7. The Balaban J connectivity index is 1.90. The molecule has 0 unspecified atom stereocenters. The Morgan fingerprint density at radius 2 is 1.91 bits per heavy atom. The summed E-state index contributed by atoms with van der Waals surface area (Å²) in [5.74, 6) is 1.03. The van der Waals surface area contributed by atoms with Crippen LogP contribution in [0.1, 0.15) is 43.4 Å². The van der Waals surface area contributed by atoms with Gasteiger partial charge in [0.05, 0.1) is 23.8 Å². The summed E-state index contributed by atoms with van der Waals surface area (Å²) in [4.78, 5) is 0.132. The van der Waals surface area contributed by atoms with E-state index in [-0.39, 0.29) is 17.4 Å². The van der Waals surface area contributed by atoms with Crippen molar-refractivity contribution in [3.8, 4) is 5.75 Å². The lowest BCUT2D eigenvalue weighted by Crippen LogP contribution is -2.35. The molecule has 1 aliphatic rings. The van der Waals surface area contributed by atoms with E-state index >= 15 is 0 Å². The topological polar surface area (TPSA) is 102 Å². The molecule has 0 spiro atoms. The number of nitrogens with zero attached hydrogens (tertiary/aromatic N) is 1. The quantitative estimate of drug-likeness (QED) is 0.543. The van der Waals surface area contributed by atoms with Gasteiger partial charge in [-0.15, -0.1) is 0 Å². The van der Waals surface area contributed by atoms with Gasteiger partial charge in [-0.25, -0.2) is 8.42 Å². The molecule has 3 N–H and O–H groups in total. The molecule has 1 heterocycles. The Morgan fingerprint density at radius 3 is 2.52 bits per heavy atom. The summed E-state index contributed by atoms with van der Waals surface area (Å²) in [5.41, 5.74) is 8.64. The Bertz CT molecular complexity index is 1030. The minimum atomic E-state index is -3.86. The molecular formula is C25H36N2O5S. The first-order valence-corrected chi connectivity index (χ1v) is 13.0. The van der Waals surface area contributed by atoms with Gasteiger partial charge in [0.15, 0.2) is 0 Å². The van der Waals surface area contributed by atoms with E-state index in [9.17, 15) is 13.5 Å². The summed E-state index contributed by atoms with van der Waals surface area (Å²) < 4.78 is 40.2. The Kier molecular flexibility index (Phi) is 8.75. The molecule has 7 nitrogen and oxygen atoms in total. The van der Waals surface area contributed by atoms with Crippen molar-refractivity contribution in [3.05, 3.63) is 53.1 Å². The van der Waals surface area contributed by atoms with Crippen LogP contribution in [0.2, 0.25) is 0 Å². The average Bonchev–Trinajstić information content (AvgIpc) is 2.81. The van der Waals surface area contributed by atoms with Crippen LogP contribution in [0.5, 0.6) is 5.75 Å². The van der Waals surface area contributed by atoms with E-state index in [1.807, 2.05) is 39.0 Å². The lowest BCUT2D eigenvalue weighted by Gasteiger charge is -2.28. The number of hydrogen-bond donors (Lipinski definition) is 2. The number of nitrogens with two attached hydrogens (primary N) is 1. The van der Waals surface area contributed by atoms with Crippen LogP contribution in [-0.2, 0) is 27.9 Å². The van der Waals surface area contributed by atoms with Gasteiger partial charge in [0.2, 0.25) is 0 Å². The summed E-state index contributed by atoms with van der Waals surface area (Å²) in [6.07, 6.45) is 1.88. The molecule has 1 fully saturated rings. The number of aliphatic hydroxyl groups is 1. The predicted octanol–water partition coefficient (Wildman–Crippen LogP) is 3.60. The van der Waals surface area contributed by atoms with Crippen LogP contribution in [0.4, 0.5) is 5.69 Å². The Morgan fingerprint density at radius 1 is 1.18 bits per heavy atom. The number of hydrogen-bond acceptors (Lipinski definition) is 6. The highest BCUT2D eigenvalue weighted by atomic mass is 32.2. The van der Waals surface area contributed by atoms with Gasteiger partial charge in [-0.3, -0.25) is 4.31 Å². The third-order valence-corrected chi connectivity index (χ3v) is 7.68. The molecule has 182 valence electrons. The molecule has 0 aliphatic carbocycles. The third kappa shape index (κ3) is 6.26. The van der Waals surface area contributed by atoms with Crippen LogP contribution in [0.25, 0.3) is 0 Å². The van der Waals surface area contributed by atoms with E-state index < -0.39 is 10.0 Å². The predicted molar refractivity (Wildman–Crippen MR) is 130 cm³/mol. The van der Waals surface area contributed by atoms with Crippen LogP contribution in [0.15, 0.2) is 41.3 Å². The van der Waals surface area contributed by atoms with Gasteiger partial charge in [0.1, 0.15) is 5.75 Å². The highest BCUT2D eigenvalue weighted by Crippen LogP contribution is 2.31. The van der Waals surface area contributed by atoms with Crippen LogP contribution in [0, 0.1) is 18.8 Å². The second kappa shape index (κ2) is 11.3. The minimum absolute atomic E-state index is 0.118. The molecule has 2 aromatic carbocycles. The first kappa shape index (κ1) is 25.5. The minimum Gasteiger partial charge on any atom is -0.493 e. The largest absolute Gasteiger partial charge is 0.493 e. The van der Waals surface area contributed by atoms with Crippen molar-refractivity contribution in [2.24, 2.45) is 17.6 Å². The second-order valence-electron chi connectivity index (χ2n) is 9.05. The molecular weight excluding hydrogens is 440 g/mol. The van der Waals surface area contributed by atoms with E-state index in [0.717, 1.165) is 37.2 Å². The molecule has 0 aromatic heterocycles. The van der Waals surface area contributed by atoms with Gasteiger partial charge in [-0.2, -0.15) is 0 Å². The smallest absolute Gasteiger partial charge is 0.264 e. The molecule has 0 bridgehead atoms. The van der Waals surface area contributed by atoms with E-state index in [1.165, 1.54) is 10.4 Å². The van der Waals surface area contributed by atoms with E-state index in [4.69, 9.17) is 15.2 Å². The summed E-state index contributed by atoms with van der Waals surface area (Å²) in [5, 5.41) is 9.93. The van der Waals surface area contributed by atoms with Gasteiger partial charge in [0.25, 0.3) is 10.0 Å². The van der Waals surface area contributed by atoms with Crippen molar-refractivity contribution in [1.29, 1.82) is 0 Å². The van der Waals surface area contributed by atoms with Gasteiger partial charge in [-0.05, 0) is 67.0 Å². The molecule has 0 atom stereocenters. The summed E-state index contributed by atoms with van der Waals surface area (Å²) in [6.45, 7) is 8.27. The van der Waals surface area contributed by atoms with Crippen molar-refractivity contribution in [2.45, 2.75) is 51.7 Å². The molecule has 0 amide bonds. The normalized spacial score (nSPS) is 15.1. The monoisotopic (exact) mass is 476 g/mol. The number of benzene rings is 2. The number of sulfonamides is 1.